The minimum Gasteiger partial charge on any atom is -0.370 e. The molecule has 142 valence electrons. The highest BCUT2D eigenvalue weighted by molar-refractivity contribution is 6.00. The molecule has 0 unspecified atom stereocenters. The summed E-state index contributed by atoms with van der Waals surface area (Å²) in [6.45, 7) is 10.3. The summed E-state index contributed by atoms with van der Waals surface area (Å²) in [5, 5.41) is 6.06. The van der Waals surface area contributed by atoms with E-state index in [4.69, 9.17) is 0 Å². The number of nitrogens with one attached hydrogen (secondary N) is 1. The summed E-state index contributed by atoms with van der Waals surface area (Å²) in [5.74, 6) is 1.06. The number of amidine groups is 1. The molecule has 2 heteroatoms. The molecule has 0 bridgehead atoms. The maximum atomic E-state index is 4.47. The lowest BCUT2D eigenvalue weighted by molar-refractivity contribution is 0.742. The van der Waals surface area contributed by atoms with Crippen LogP contribution >= 0.6 is 0 Å². The monoisotopic (exact) mass is 360 g/mol. The van der Waals surface area contributed by atoms with Crippen molar-refractivity contribution in [2.24, 2.45) is 4.99 Å². The van der Waals surface area contributed by atoms with E-state index in [9.17, 15) is 0 Å². The lowest BCUT2D eigenvalue weighted by atomic mass is 10.0. The summed E-state index contributed by atoms with van der Waals surface area (Å²) >= 11 is 0. The van der Waals surface area contributed by atoms with Gasteiger partial charge in [-0.1, -0.05) is 87.5 Å². The van der Waals surface area contributed by atoms with Gasteiger partial charge in [0.25, 0.3) is 0 Å². The van der Waals surface area contributed by atoms with E-state index in [0.717, 1.165) is 31.8 Å². The number of benzene rings is 3. The molecule has 0 amide bonds. The first-order valence-corrected chi connectivity index (χ1v) is 10.1. The summed E-state index contributed by atoms with van der Waals surface area (Å²) in [7, 11) is 0. The third-order valence-corrected chi connectivity index (χ3v) is 4.56. The van der Waals surface area contributed by atoms with Crippen molar-refractivity contribution in [1.82, 2.24) is 5.32 Å². The fourth-order valence-corrected chi connectivity index (χ4v) is 3.15. The van der Waals surface area contributed by atoms with Crippen molar-refractivity contribution in [3.8, 4) is 0 Å². The maximum absolute atomic E-state index is 4.47. The number of nitrogens with zero attached hydrogens (tertiary/aromatic N) is 1. The highest BCUT2D eigenvalue weighted by atomic mass is 15.0. The first-order valence-electron chi connectivity index (χ1n) is 10.1. The van der Waals surface area contributed by atoms with Crippen molar-refractivity contribution in [1.29, 1.82) is 0 Å². The first-order chi connectivity index (χ1) is 13.3. The van der Waals surface area contributed by atoms with E-state index >= 15 is 0 Å². The van der Waals surface area contributed by atoms with Crippen molar-refractivity contribution in [2.75, 3.05) is 13.1 Å². The Morgan fingerprint density at radius 2 is 1.59 bits per heavy atom. The minimum absolute atomic E-state index is 0.955. The highest BCUT2D eigenvalue weighted by Crippen LogP contribution is 2.18. The molecule has 0 atom stereocenters. The smallest absolute Gasteiger partial charge is 0.128 e. The summed E-state index contributed by atoms with van der Waals surface area (Å²) in [6, 6.07) is 23.4. The van der Waals surface area contributed by atoms with Gasteiger partial charge in [-0.05, 0) is 41.7 Å². The predicted octanol–water partition coefficient (Wildman–Crippen LogP) is 6.16. The van der Waals surface area contributed by atoms with Gasteiger partial charge in [0.2, 0.25) is 0 Å². The van der Waals surface area contributed by atoms with E-state index in [-0.39, 0.29) is 0 Å². The normalized spacial score (nSPS) is 12.7. The van der Waals surface area contributed by atoms with Gasteiger partial charge < -0.3 is 5.32 Å². The summed E-state index contributed by atoms with van der Waals surface area (Å²) in [6.07, 6.45) is 2.26. The number of aliphatic imine (C=N–C) groups is 1. The average molecular weight is 361 g/mol. The molecule has 0 aliphatic carbocycles. The predicted molar refractivity (Wildman–Crippen MR) is 120 cm³/mol. The lowest BCUT2D eigenvalue weighted by Gasteiger charge is -2.15. The third-order valence-electron chi connectivity index (χ3n) is 4.56. The zero-order valence-corrected chi connectivity index (χ0v) is 17.1. The van der Waals surface area contributed by atoms with Gasteiger partial charge >= 0.3 is 0 Å². The molecule has 0 aromatic heterocycles. The molecule has 1 N–H and O–H groups in total. The van der Waals surface area contributed by atoms with Crippen LogP contribution in [0.25, 0.3) is 10.8 Å². The van der Waals surface area contributed by atoms with E-state index in [0.29, 0.717) is 0 Å². The van der Waals surface area contributed by atoms with Crippen LogP contribution in [0.2, 0.25) is 0 Å². The molecule has 0 saturated carbocycles. The van der Waals surface area contributed by atoms with Crippen LogP contribution in [0.5, 0.6) is 0 Å². The number of hydrogen-bond acceptors (Lipinski definition) is 2. The molecule has 0 radical (unpaired) electrons. The second kappa shape index (κ2) is 11.2. The van der Waals surface area contributed by atoms with Crippen molar-refractivity contribution in [2.45, 2.75) is 40.5 Å². The standard InChI is InChI=1S/C12H12.C11H14N2.C2H6/c1-2-10-7-5-8-11-6-3-4-9-12(10)11;1-9-5-2-3-6-10(9)11-12-7-4-8-13-11;1-2/h3-9H,2H2,1H3;2-3,5-6H,4,7-8H2,1H3,(H,12,13);1-2H3. The van der Waals surface area contributed by atoms with Gasteiger partial charge in [0, 0.05) is 18.7 Å². The lowest BCUT2D eigenvalue weighted by Crippen LogP contribution is -2.30. The van der Waals surface area contributed by atoms with Crippen molar-refractivity contribution < 1.29 is 0 Å². The van der Waals surface area contributed by atoms with Gasteiger partial charge in [0.15, 0.2) is 0 Å². The summed E-state index contributed by atoms with van der Waals surface area (Å²) < 4.78 is 0. The van der Waals surface area contributed by atoms with Crippen LogP contribution in [0.3, 0.4) is 0 Å². The van der Waals surface area contributed by atoms with Crippen molar-refractivity contribution in [3.05, 3.63) is 83.4 Å². The molecule has 1 heterocycles. The summed E-state index contributed by atoms with van der Waals surface area (Å²) in [4.78, 5) is 4.47. The van der Waals surface area contributed by atoms with Gasteiger partial charge in [-0.25, -0.2) is 0 Å². The number of fused-ring (bicyclic) bond motifs is 1. The van der Waals surface area contributed by atoms with Crippen LogP contribution in [0.4, 0.5) is 0 Å². The molecule has 0 fully saturated rings. The Morgan fingerprint density at radius 1 is 0.889 bits per heavy atom. The third kappa shape index (κ3) is 5.68. The zero-order valence-electron chi connectivity index (χ0n) is 17.1. The first kappa shape index (κ1) is 20.7. The van der Waals surface area contributed by atoms with E-state index in [1.54, 1.807) is 0 Å². The summed E-state index contributed by atoms with van der Waals surface area (Å²) in [5.41, 5.74) is 3.96. The Bertz CT molecular complexity index is 860. The molecular weight excluding hydrogens is 328 g/mol. The second-order valence-electron chi connectivity index (χ2n) is 6.32. The molecule has 27 heavy (non-hydrogen) atoms. The SMILES string of the molecule is CC.CCc1cccc2ccccc12.Cc1ccccc1C1=NCCCN1. The maximum Gasteiger partial charge on any atom is 0.128 e. The van der Waals surface area contributed by atoms with Crippen LogP contribution < -0.4 is 5.32 Å². The molecule has 4 rings (SSSR count). The number of aryl methyl sites for hydroxylation is 2. The number of rotatable bonds is 2. The van der Waals surface area contributed by atoms with Gasteiger partial charge in [-0.3, -0.25) is 4.99 Å². The Balaban J connectivity index is 0.000000178. The van der Waals surface area contributed by atoms with E-state index in [1.165, 1.54) is 27.5 Å². The van der Waals surface area contributed by atoms with E-state index < -0.39 is 0 Å². The zero-order chi connectivity index (χ0) is 19.5. The quantitative estimate of drug-likeness (QED) is 0.581. The molecule has 1 aliphatic heterocycles. The highest BCUT2D eigenvalue weighted by Gasteiger charge is 2.07. The minimum atomic E-state index is 0.955. The molecular formula is C25H32N2. The van der Waals surface area contributed by atoms with Gasteiger partial charge in [0.1, 0.15) is 5.84 Å². The van der Waals surface area contributed by atoms with Gasteiger partial charge in [-0.15, -0.1) is 0 Å². The Labute approximate surface area is 164 Å². The number of hydrogen-bond donors (Lipinski definition) is 1. The second-order valence-corrected chi connectivity index (χ2v) is 6.32. The molecule has 2 nitrogen and oxygen atoms in total. The Morgan fingerprint density at radius 3 is 2.30 bits per heavy atom. The largest absolute Gasteiger partial charge is 0.370 e. The van der Waals surface area contributed by atoms with Crippen molar-refractivity contribution in [3.63, 3.8) is 0 Å². The molecule has 3 aromatic carbocycles. The van der Waals surface area contributed by atoms with Crippen LogP contribution in [0.1, 0.15) is 43.9 Å². The fraction of sp³-hybridized carbons (Fsp3) is 0.320. The van der Waals surface area contributed by atoms with Crippen LogP contribution in [-0.2, 0) is 6.42 Å². The van der Waals surface area contributed by atoms with E-state index in [2.05, 4.69) is 90.9 Å². The Hall–Kier alpha value is -2.61. The Kier molecular flexibility index (Phi) is 8.57. The molecule has 0 spiro atoms. The van der Waals surface area contributed by atoms with E-state index in [1.807, 2.05) is 13.8 Å². The topological polar surface area (TPSA) is 24.4 Å². The van der Waals surface area contributed by atoms with Crippen LogP contribution in [-0.4, -0.2) is 18.9 Å². The van der Waals surface area contributed by atoms with Crippen LogP contribution in [0, 0.1) is 6.92 Å². The molecule has 0 saturated heterocycles. The van der Waals surface area contributed by atoms with Crippen molar-refractivity contribution >= 4 is 16.6 Å². The average Bonchev–Trinajstić information content (AvgIpc) is 2.76. The van der Waals surface area contributed by atoms with Gasteiger partial charge in [0.05, 0.1) is 0 Å². The van der Waals surface area contributed by atoms with Crippen LogP contribution in [0.15, 0.2) is 71.7 Å². The van der Waals surface area contributed by atoms with Gasteiger partial charge in [-0.2, -0.15) is 0 Å². The molecule has 1 aliphatic rings. The molecule has 3 aromatic rings. The fourth-order valence-electron chi connectivity index (χ4n) is 3.15.